The van der Waals surface area contributed by atoms with Crippen LogP contribution in [0.4, 0.5) is 11.6 Å². The number of benzene rings is 3. The summed E-state index contributed by atoms with van der Waals surface area (Å²) in [5.41, 5.74) is 10.2. The monoisotopic (exact) mass is 469 g/mol. The van der Waals surface area contributed by atoms with Crippen LogP contribution in [0.15, 0.2) is 66.7 Å². The Kier molecular flexibility index (Phi) is 6.20. The summed E-state index contributed by atoms with van der Waals surface area (Å²) in [5.74, 6) is 0.822. The summed E-state index contributed by atoms with van der Waals surface area (Å²) in [6.07, 6.45) is 1.59. The van der Waals surface area contributed by atoms with Crippen LogP contribution in [-0.2, 0) is 13.0 Å². The molecule has 0 bridgehead atoms. The van der Waals surface area contributed by atoms with Crippen LogP contribution in [0.25, 0.3) is 11.0 Å². The number of rotatable bonds is 7. The molecule has 8 nitrogen and oxygen atoms in total. The summed E-state index contributed by atoms with van der Waals surface area (Å²) in [6.45, 7) is 1.76. The van der Waals surface area contributed by atoms with Gasteiger partial charge in [0.2, 0.25) is 5.95 Å². The minimum Gasteiger partial charge on any atom is -0.493 e. The fourth-order valence-electron chi connectivity index (χ4n) is 4.27. The van der Waals surface area contributed by atoms with Crippen LogP contribution in [0, 0.1) is 0 Å². The van der Waals surface area contributed by atoms with Gasteiger partial charge in [-0.05, 0) is 61.0 Å². The molecule has 0 spiro atoms. The first kappa shape index (κ1) is 22.6. The molecule has 0 unspecified atom stereocenters. The number of nitrogens with one attached hydrogen (secondary N) is 1. The first-order valence-corrected chi connectivity index (χ1v) is 11.7. The number of fused-ring (bicyclic) bond motifs is 2. The van der Waals surface area contributed by atoms with Gasteiger partial charge < -0.3 is 19.9 Å². The zero-order chi connectivity index (χ0) is 24.4. The molecule has 0 saturated heterocycles. The summed E-state index contributed by atoms with van der Waals surface area (Å²) in [4.78, 5) is 32.2. The van der Waals surface area contributed by atoms with Crippen molar-refractivity contribution in [3.05, 3.63) is 83.4 Å². The van der Waals surface area contributed by atoms with Crippen LogP contribution in [0.1, 0.15) is 32.7 Å². The average molecular weight is 470 g/mol. The van der Waals surface area contributed by atoms with Crippen molar-refractivity contribution < 1.29 is 14.3 Å². The topological polar surface area (TPSA) is 102 Å². The zero-order valence-electron chi connectivity index (χ0n) is 19.5. The van der Waals surface area contributed by atoms with Crippen molar-refractivity contribution in [3.63, 3.8) is 0 Å². The lowest BCUT2D eigenvalue weighted by Crippen LogP contribution is -2.26. The lowest BCUT2D eigenvalue weighted by Gasteiger charge is -2.17. The third kappa shape index (κ3) is 4.48. The summed E-state index contributed by atoms with van der Waals surface area (Å²) in [5, 5.41) is 2.95. The molecule has 1 aromatic heterocycles. The Hall–Kier alpha value is -4.17. The highest BCUT2D eigenvalue weighted by Crippen LogP contribution is 2.28. The molecular formula is C27H27N5O3. The molecule has 2 heterocycles. The molecule has 1 aliphatic heterocycles. The van der Waals surface area contributed by atoms with Gasteiger partial charge in [0, 0.05) is 36.8 Å². The normalized spacial score (nSPS) is 12.3. The Morgan fingerprint density at radius 1 is 1.09 bits per heavy atom. The highest BCUT2D eigenvalue weighted by atomic mass is 16.5. The average Bonchev–Trinajstić information content (AvgIpc) is 3.50. The highest BCUT2D eigenvalue weighted by Gasteiger charge is 2.19. The first-order chi connectivity index (χ1) is 17.0. The number of ether oxygens (including phenoxy) is 1. The number of amides is 2. The van der Waals surface area contributed by atoms with Crippen LogP contribution in [0.5, 0.6) is 5.75 Å². The van der Waals surface area contributed by atoms with Crippen LogP contribution < -0.4 is 20.7 Å². The molecule has 3 N–H and O–H groups in total. The molecule has 2 amide bonds. The maximum absolute atomic E-state index is 13.0. The summed E-state index contributed by atoms with van der Waals surface area (Å²) >= 11 is 0. The maximum Gasteiger partial charge on any atom is 0.258 e. The molecule has 178 valence electrons. The number of anilines is 2. The van der Waals surface area contributed by atoms with E-state index < -0.39 is 0 Å². The van der Waals surface area contributed by atoms with Crippen molar-refractivity contribution in [2.24, 2.45) is 5.73 Å². The van der Waals surface area contributed by atoms with E-state index in [9.17, 15) is 9.59 Å². The Morgan fingerprint density at radius 2 is 1.91 bits per heavy atom. The Bertz CT molecular complexity index is 1400. The summed E-state index contributed by atoms with van der Waals surface area (Å²) < 4.78 is 7.56. The third-order valence-electron chi connectivity index (χ3n) is 6.21. The second kappa shape index (κ2) is 9.60. The Labute approximate surface area is 203 Å². The SMILES string of the molecule is CN(C(=O)c1ccccc1)c1ccc2c(c1)nc(NC(=O)c1ccc3c(c1)OCC3)n2CCCN. The van der Waals surface area contributed by atoms with Gasteiger partial charge in [0.05, 0.1) is 17.6 Å². The lowest BCUT2D eigenvalue weighted by molar-refractivity contribution is 0.0991. The van der Waals surface area contributed by atoms with Gasteiger partial charge in [-0.3, -0.25) is 14.9 Å². The number of aryl methyl sites for hydroxylation is 1. The van der Waals surface area contributed by atoms with Crippen LogP contribution in [0.2, 0.25) is 0 Å². The second-order valence-corrected chi connectivity index (χ2v) is 8.51. The van der Waals surface area contributed by atoms with Crippen molar-refractivity contribution >= 4 is 34.5 Å². The third-order valence-corrected chi connectivity index (χ3v) is 6.21. The minimum atomic E-state index is -0.260. The number of carbonyl (C=O) groups is 2. The van der Waals surface area contributed by atoms with Crippen molar-refractivity contribution in [1.29, 1.82) is 0 Å². The van der Waals surface area contributed by atoms with Gasteiger partial charge in [-0.15, -0.1) is 0 Å². The Morgan fingerprint density at radius 3 is 2.71 bits per heavy atom. The molecule has 0 aliphatic carbocycles. The smallest absolute Gasteiger partial charge is 0.258 e. The maximum atomic E-state index is 13.0. The van der Waals surface area contributed by atoms with Crippen LogP contribution in [0.3, 0.4) is 0 Å². The van der Waals surface area contributed by atoms with E-state index in [-0.39, 0.29) is 11.8 Å². The van der Waals surface area contributed by atoms with E-state index in [1.165, 1.54) is 0 Å². The zero-order valence-corrected chi connectivity index (χ0v) is 19.5. The standard InChI is InChI=1S/C27H27N5O3/c1-31(26(34)19-6-3-2-4-7-19)21-10-11-23-22(17-21)29-27(32(23)14-5-13-28)30-25(33)20-9-8-18-12-15-35-24(18)16-20/h2-4,6-11,16-17H,5,12-15,28H2,1H3,(H,29,30,33). The van der Waals surface area contributed by atoms with Crippen LogP contribution >= 0.6 is 0 Å². The molecule has 0 saturated carbocycles. The predicted octanol–water partition coefficient (Wildman–Crippen LogP) is 3.85. The molecule has 3 aromatic carbocycles. The first-order valence-electron chi connectivity index (χ1n) is 11.7. The van der Waals surface area contributed by atoms with E-state index in [1.807, 2.05) is 47.0 Å². The van der Waals surface area contributed by atoms with Gasteiger partial charge in [-0.1, -0.05) is 24.3 Å². The molecule has 0 atom stereocenters. The molecular weight excluding hydrogens is 442 g/mol. The number of imidazole rings is 1. The number of nitrogens with zero attached hydrogens (tertiary/aromatic N) is 3. The lowest BCUT2D eigenvalue weighted by atomic mass is 10.1. The van der Waals surface area contributed by atoms with Crippen molar-refractivity contribution in [1.82, 2.24) is 9.55 Å². The molecule has 0 fully saturated rings. The molecule has 8 heteroatoms. The molecule has 35 heavy (non-hydrogen) atoms. The van der Waals surface area contributed by atoms with Gasteiger partial charge in [0.15, 0.2) is 0 Å². The minimum absolute atomic E-state index is 0.111. The quantitative estimate of drug-likeness (QED) is 0.428. The van der Waals surface area contributed by atoms with E-state index in [2.05, 4.69) is 5.32 Å². The van der Waals surface area contributed by atoms with E-state index in [4.69, 9.17) is 15.5 Å². The summed E-state index contributed by atoms with van der Waals surface area (Å²) in [6, 6.07) is 20.3. The van der Waals surface area contributed by atoms with Gasteiger partial charge >= 0.3 is 0 Å². The predicted molar refractivity (Wildman–Crippen MR) is 136 cm³/mol. The number of carbonyl (C=O) groups excluding carboxylic acids is 2. The van der Waals surface area contributed by atoms with Gasteiger partial charge in [0.25, 0.3) is 11.8 Å². The number of hydrogen-bond acceptors (Lipinski definition) is 5. The van der Waals surface area contributed by atoms with E-state index in [0.717, 1.165) is 29.7 Å². The molecule has 0 radical (unpaired) electrons. The largest absolute Gasteiger partial charge is 0.493 e. The molecule has 1 aliphatic rings. The second-order valence-electron chi connectivity index (χ2n) is 8.51. The van der Waals surface area contributed by atoms with E-state index in [1.54, 1.807) is 36.2 Å². The number of nitrogens with two attached hydrogens (primary N) is 1. The fraction of sp³-hybridized carbons (Fsp3) is 0.222. The highest BCUT2D eigenvalue weighted by molar-refractivity contribution is 6.07. The van der Waals surface area contributed by atoms with Crippen LogP contribution in [-0.4, -0.2) is 41.6 Å². The fourth-order valence-corrected chi connectivity index (χ4v) is 4.27. The van der Waals surface area contributed by atoms with Crippen molar-refractivity contribution in [2.75, 3.05) is 30.4 Å². The van der Waals surface area contributed by atoms with Gasteiger partial charge in [0.1, 0.15) is 5.75 Å². The summed E-state index contributed by atoms with van der Waals surface area (Å²) in [7, 11) is 1.74. The Balaban J connectivity index is 1.45. The van der Waals surface area contributed by atoms with Gasteiger partial charge in [-0.25, -0.2) is 4.98 Å². The molecule has 5 rings (SSSR count). The van der Waals surface area contributed by atoms with Crippen molar-refractivity contribution in [3.8, 4) is 5.75 Å². The van der Waals surface area contributed by atoms with Crippen molar-refractivity contribution in [2.45, 2.75) is 19.4 Å². The van der Waals surface area contributed by atoms with Gasteiger partial charge in [-0.2, -0.15) is 0 Å². The molecule has 4 aromatic rings. The number of aromatic nitrogens is 2. The number of hydrogen-bond donors (Lipinski definition) is 2. The van der Waals surface area contributed by atoms with E-state index >= 15 is 0 Å². The van der Waals surface area contributed by atoms with E-state index in [0.29, 0.717) is 48.0 Å².